The maximum atomic E-state index is 11.9. The van der Waals surface area contributed by atoms with E-state index >= 15 is 0 Å². The van der Waals surface area contributed by atoms with Gasteiger partial charge in [0.1, 0.15) is 0 Å². The lowest BCUT2D eigenvalue weighted by molar-refractivity contribution is 0.0731. The van der Waals surface area contributed by atoms with E-state index in [2.05, 4.69) is 10.1 Å². The minimum absolute atomic E-state index is 0.274. The van der Waals surface area contributed by atoms with Crippen molar-refractivity contribution in [2.75, 3.05) is 6.61 Å². The number of hydrogen-bond donors (Lipinski definition) is 1. The van der Waals surface area contributed by atoms with Gasteiger partial charge in [-0.15, -0.1) is 0 Å². The molecule has 1 N–H and O–H groups in total. The van der Waals surface area contributed by atoms with Gasteiger partial charge in [-0.1, -0.05) is 17.7 Å². The molecule has 6 heteroatoms. The van der Waals surface area contributed by atoms with E-state index in [-0.39, 0.29) is 6.61 Å². The standard InChI is InChI=1S/C12H18NO4P/c1-5-16-18(15)17-13-12(14)11-9(3)6-8(2)7-10(11)4/h6-7,18H,5H2,1-4H3,(H,13,14). The van der Waals surface area contributed by atoms with E-state index in [0.717, 1.165) is 16.7 Å². The summed E-state index contributed by atoms with van der Waals surface area (Å²) in [7, 11) is -2.66. The van der Waals surface area contributed by atoms with E-state index < -0.39 is 14.2 Å². The molecule has 0 aliphatic heterocycles. The summed E-state index contributed by atoms with van der Waals surface area (Å²) < 4.78 is 20.5. The first kappa shape index (κ1) is 14.9. The average molecular weight is 271 g/mol. The summed E-state index contributed by atoms with van der Waals surface area (Å²) in [6, 6.07) is 3.82. The van der Waals surface area contributed by atoms with Gasteiger partial charge >= 0.3 is 8.25 Å². The number of hydrogen-bond acceptors (Lipinski definition) is 4. The van der Waals surface area contributed by atoms with Crippen molar-refractivity contribution in [1.29, 1.82) is 0 Å². The van der Waals surface area contributed by atoms with Crippen molar-refractivity contribution in [3.8, 4) is 0 Å². The molecule has 0 saturated heterocycles. The van der Waals surface area contributed by atoms with Crippen molar-refractivity contribution in [2.24, 2.45) is 0 Å². The zero-order chi connectivity index (χ0) is 13.7. The van der Waals surface area contributed by atoms with Crippen molar-refractivity contribution >= 4 is 14.2 Å². The highest BCUT2D eigenvalue weighted by Crippen LogP contribution is 2.22. The highest BCUT2D eigenvalue weighted by molar-refractivity contribution is 7.33. The summed E-state index contributed by atoms with van der Waals surface area (Å²) in [5.74, 6) is -0.414. The lowest BCUT2D eigenvalue weighted by Gasteiger charge is -2.11. The van der Waals surface area contributed by atoms with Crippen LogP contribution in [-0.2, 0) is 13.7 Å². The van der Waals surface area contributed by atoms with Gasteiger partial charge in [-0.05, 0) is 38.8 Å². The van der Waals surface area contributed by atoms with E-state index in [4.69, 9.17) is 4.52 Å². The summed E-state index contributed by atoms with van der Waals surface area (Å²) in [4.78, 5) is 11.9. The lowest BCUT2D eigenvalue weighted by atomic mass is 9.99. The van der Waals surface area contributed by atoms with Crippen LogP contribution in [0.2, 0.25) is 0 Å². The first-order valence-corrected chi connectivity index (χ1v) is 6.90. The molecule has 1 amide bonds. The van der Waals surface area contributed by atoms with Crippen molar-refractivity contribution in [1.82, 2.24) is 5.48 Å². The molecule has 1 atom stereocenters. The third-order valence-electron chi connectivity index (χ3n) is 2.39. The average Bonchev–Trinajstić information content (AvgIpc) is 2.25. The normalized spacial score (nSPS) is 12.2. The molecular weight excluding hydrogens is 253 g/mol. The molecule has 0 aromatic heterocycles. The number of carbonyl (C=O) groups excluding carboxylic acids is 1. The van der Waals surface area contributed by atoms with Crippen LogP contribution in [-0.4, -0.2) is 12.5 Å². The molecule has 100 valence electrons. The number of hydroxylamine groups is 1. The first-order chi connectivity index (χ1) is 8.45. The van der Waals surface area contributed by atoms with Crippen molar-refractivity contribution < 1.29 is 18.5 Å². The van der Waals surface area contributed by atoms with Crippen LogP contribution >= 0.6 is 8.25 Å². The summed E-state index contributed by atoms with van der Waals surface area (Å²) in [5.41, 5.74) is 5.48. The summed E-state index contributed by atoms with van der Waals surface area (Å²) in [5, 5.41) is 0. The number of aryl methyl sites for hydroxylation is 3. The highest BCUT2D eigenvalue weighted by atomic mass is 31.1. The van der Waals surface area contributed by atoms with Gasteiger partial charge in [0.05, 0.1) is 6.61 Å². The Labute approximate surface area is 107 Å². The molecule has 1 aromatic carbocycles. The van der Waals surface area contributed by atoms with Gasteiger partial charge in [-0.25, -0.2) is 5.48 Å². The fourth-order valence-electron chi connectivity index (χ4n) is 1.82. The Morgan fingerprint density at radius 3 is 2.33 bits per heavy atom. The smallest absolute Gasteiger partial charge is 0.310 e. The molecular formula is C12H18NO4P. The molecule has 0 heterocycles. The fourth-order valence-corrected chi connectivity index (χ4v) is 2.30. The first-order valence-electron chi connectivity index (χ1n) is 5.67. The number of carbonyl (C=O) groups is 1. The Morgan fingerprint density at radius 2 is 1.83 bits per heavy atom. The molecule has 0 fully saturated rings. The number of amides is 1. The van der Waals surface area contributed by atoms with Gasteiger partial charge in [0.15, 0.2) is 0 Å². The molecule has 0 bridgehead atoms. The Kier molecular flexibility index (Phi) is 5.54. The van der Waals surface area contributed by atoms with Crippen LogP contribution in [0.5, 0.6) is 0 Å². The minimum atomic E-state index is -2.66. The Morgan fingerprint density at radius 1 is 1.28 bits per heavy atom. The second-order valence-corrected chi connectivity index (χ2v) is 4.98. The van der Waals surface area contributed by atoms with E-state index in [1.54, 1.807) is 6.92 Å². The van der Waals surface area contributed by atoms with Crippen LogP contribution in [0, 0.1) is 20.8 Å². The summed E-state index contributed by atoms with van der Waals surface area (Å²) >= 11 is 0. The zero-order valence-electron chi connectivity index (χ0n) is 11.0. The molecule has 0 spiro atoms. The van der Waals surface area contributed by atoms with Gasteiger partial charge in [0, 0.05) is 5.56 Å². The maximum Gasteiger partial charge on any atom is 0.340 e. The fraction of sp³-hybridized carbons (Fsp3) is 0.417. The monoisotopic (exact) mass is 271 g/mol. The Hall–Kier alpha value is -1.16. The van der Waals surface area contributed by atoms with Crippen LogP contribution in [0.4, 0.5) is 0 Å². The van der Waals surface area contributed by atoms with Crippen molar-refractivity contribution in [3.05, 3.63) is 34.4 Å². The molecule has 1 aromatic rings. The Bertz CT molecular complexity index is 450. The maximum absolute atomic E-state index is 11.9. The molecule has 18 heavy (non-hydrogen) atoms. The highest BCUT2D eigenvalue weighted by Gasteiger charge is 2.13. The second-order valence-electron chi connectivity index (χ2n) is 3.99. The van der Waals surface area contributed by atoms with E-state index in [0.29, 0.717) is 5.56 Å². The van der Waals surface area contributed by atoms with Gasteiger partial charge in [-0.3, -0.25) is 9.36 Å². The molecule has 0 aliphatic carbocycles. The predicted octanol–water partition coefficient (Wildman–Crippen LogP) is 2.70. The van der Waals surface area contributed by atoms with Gasteiger partial charge in [0.25, 0.3) is 5.91 Å². The number of rotatable bonds is 5. The molecule has 0 radical (unpaired) electrons. The third kappa shape index (κ3) is 3.95. The van der Waals surface area contributed by atoms with Crippen LogP contribution in [0.25, 0.3) is 0 Å². The molecule has 1 unspecified atom stereocenters. The Balaban J connectivity index is 2.76. The third-order valence-corrected chi connectivity index (χ3v) is 3.19. The zero-order valence-corrected chi connectivity index (χ0v) is 12.0. The van der Waals surface area contributed by atoms with E-state index in [1.165, 1.54) is 0 Å². The van der Waals surface area contributed by atoms with Crippen molar-refractivity contribution in [2.45, 2.75) is 27.7 Å². The summed E-state index contributed by atoms with van der Waals surface area (Å²) in [6.07, 6.45) is 0. The second kappa shape index (κ2) is 6.69. The van der Waals surface area contributed by atoms with Gasteiger partial charge < -0.3 is 4.52 Å². The largest absolute Gasteiger partial charge is 0.340 e. The van der Waals surface area contributed by atoms with E-state index in [1.807, 2.05) is 32.9 Å². The van der Waals surface area contributed by atoms with Crippen LogP contribution in [0.3, 0.4) is 0 Å². The molecule has 0 saturated carbocycles. The van der Waals surface area contributed by atoms with Crippen LogP contribution in [0.15, 0.2) is 12.1 Å². The topological polar surface area (TPSA) is 64.6 Å². The predicted molar refractivity (Wildman–Crippen MR) is 69.8 cm³/mol. The van der Waals surface area contributed by atoms with Crippen molar-refractivity contribution in [3.63, 3.8) is 0 Å². The quantitative estimate of drug-likeness (QED) is 0.660. The lowest BCUT2D eigenvalue weighted by Crippen LogP contribution is -2.23. The molecule has 1 rings (SSSR count). The van der Waals surface area contributed by atoms with E-state index in [9.17, 15) is 9.36 Å². The van der Waals surface area contributed by atoms with Crippen LogP contribution < -0.4 is 5.48 Å². The van der Waals surface area contributed by atoms with Gasteiger partial charge in [-0.2, -0.15) is 4.62 Å². The number of benzene rings is 1. The SMILES string of the molecule is CCO[PH](=O)ONC(=O)c1c(C)cc(C)cc1C. The number of nitrogens with one attached hydrogen (secondary N) is 1. The summed E-state index contributed by atoms with van der Waals surface area (Å²) in [6.45, 7) is 7.63. The van der Waals surface area contributed by atoms with Gasteiger partial charge in [0.2, 0.25) is 0 Å². The van der Waals surface area contributed by atoms with Crippen LogP contribution in [0.1, 0.15) is 34.0 Å². The minimum Gasteiger partial charge on any atom is -0.310 e. The molecule has 0 aliphatic rings. The molecule has 5 nitrogen and oxygen atoms in total.